The summed E-state index contributed by atoms with van der Waals surface area (Å²) in [5.41, 5.74) is 4.67. The van der Waals surface area contributed by atoms with Gasteiger partial charge in [-0.05, 0) is 149 Å². The maximum atomic E-state index is 14.7. The minimum Gasteiger partial charge on any atom is -0.374 e. The zero-order chi connectivity index (χ0) is 45.3. The molecule has 0 spiro atoms. The molecule has 2 saturated heterocycles. The summed E-state index contributed by atoms with van der Waals surface area (Å²) < 4.78 is 14.7. The maximum absolute atomic E-state index is 14.7. The van der Waals surface area contributed by atoms with Crippen LogP contribution < -0.4 is 36.8 Å². The van der Waals surface area contributed by atoms with Crippen molar-refractivity contribution in [2.45, 2.75) is 63.5 Å². The first-order valence-corrected chi connectivity index (χ1v) is 22.7. The number of para-hydroxylation sites is 1. The first-order chi connectivity index (χ1) is 31.5. The number of imide groups is 1. The number of amides is 4. The van der Waals surface area contributed by atoms with Gasteiger partial charge in [0.25, 0.3) is 11.8 Å². The van der Waals surface area contributed by atoms with Crippen molar-refractivity contribution in [3.05, 3.63) is 125 Å². The first kappa shape index (κ1) is 45.0. The topological polar surface area (TPSA) is 173 Å². The predicted molar refractivity (Wildman–Crippen MR) is 253 cm³/mol. The Balaban J connectivity index is 0.728. The number of carbonyl (C=O) groups excluding carboxylic acids is 4. The number of hydrogen-bond donors (Lipinski definition) is 6. The highest BCUT2D eigenvalue weighted by Crippen LogP contribution is 2.29. The fourth-order valence-electron chi connectivity index (χ4n) is 8.84. The third kappa shape index (κ3) is 12.2. The zero-order valence-electron chi connectivity index (χ0n) is 36.3. The molecular weight excluding hydrogens is 847 g/mol. The Labute approximate surface area is 383 Å². The molecule has 16 heteroatoms. The molecule has 1 aromatic heterocycles. The van der Waals surface area contributed by atoms with E-state index in [1.165, 1.54) is 5.69 Å². The van der Waals surface area contributed by atoms with Crippen molar-refractivity contribution in [2.75, 3.05) is 59.4 Å². The molecule has 4 amide bonds. The standard InChI is InChI=1S/C49H54ClFN10O4/c1-60(30-32-24-26-61(27-25-32)39-20-18-35(19-21-39)53-43-22-23-44(62)58-48(43)65)29-31-6-12-37(13-7-31)55-46(63)33-10-16-38(17-11-33)56-49-52-28-41(51)45(59-49)54-36-14-8-34(9-15-36)47(64)57-42-5-3-2-4-40(42)50/h2-5,8-11,14-21,28,31-32,37,43,53H,6-7,12-13,22-27,29-30H2,1H3,(H,55,63)(H,57,64)(H,58,62,65)(H2,52,54,56,59). The Hall–Kier alpha value is -6.58. The van der Waals surface area contributed by atoms with E-state index >= 15 is 0 Å². The molecule has 1 saturated carbocycles. The van der Waals surface area contributed by atoms with Gasteiger partial charge in [0.05, 0.1) is 16.9 Å². The largest absolute Gasteiger partial charge is 0.374 e. The van der Waals surface area contributed by atoms with Crippen molar-refractivity contribution in [1.29, 1.82) is 0 Å². The molecule has 2 aliphatic heterocycles. The van der Waals surface area contributed by atoms with Gasteiger partial charge in [0.2, 0.25) is 17.8 Å². The van der Waals surface area contributed by atoms with Crippen LogP contribution in [-0.4, -0.2) is 83.8 Å². The number of aromatic nitrogens is 2. The quantitative estimate of drug-likeness (QED) is 0.0558. The molecule has 65 heavy (non-hydrogen) atoms. The van der Waals surface area contributed by atoms with Gasteiger partial charge >= 0.3 is 0 Å². The lowest BCUT2D eigenvalue weighted by molar-refractivity contribution is -0.133. The van der Waals surface area contributed by atoms with Crippen molar-refractivity contribution in [3.8, 4) is 0 Å². The molecule has 4 aromatic carbocycles. The van der Waals surface area contributed by atoms with E-state index in [9.17, 15) is 23.6 Å². The molecule has 1 atom stereocenters. The van der Waals surface area contributed by atoms with Gasteiger partial charge in [-0.25, -0.2) is 9.37 Å². The summed E-state index contributed by atoms with van der Waals surface area (Å²) in [6.45, 7) is 4.17. The van der Waals surface area contributed by atoms with Gasteiger partial charge in [-0.15, -0.1) is 0 Å². The van der Waals surface area contributed by atoms with E-state index in [4.69, 9.17) is 11.6 Å². The zero-order valence-corrected chi connectivity index (χ0v) is 37.0. The molecule has 5 aromatic rings. The summed E-state index contributed by atoms with van der Waals surface area (Å²) in [4.78, 5) is 62.8. The minimum absolute atomic E-state index is 0.0470. The van der Waals surface area contributed by atoms with Crippen LogP contribution in [0.5, 0.6) is 0 Å². The summed E-state index contributed by atoms with van der Waals surface area (Å²) in [7, 11) is 2.24. The molecule has 1 aliphatic carbocycles. The van der Waals surface area contributed by atoms with Crippen LogP contribution in [0.25, 0.3) is 0 Å². The molecule has 6 N–H and O–H groups in total. The highest BCUT2D eigenvalue weighted by molar-refractivity contribution is 6.33. The number of benzene rings is 4. The van der Waals surface area contributed by atoms with Crippen LogP contribution in [0, 0.1) is 17.7 Å². The van der Waals surface area contributed by atoms with Crippen LogP contribution in [0.2, 0.25) is 5.02 Å². The third-order valence-corrected chi connectivity index (χ3v) is 12.8. The van der Waals surface area contributed by atoms with Gasteiger partial charge < -0.3 is 36.4 Å². The Morgan fingerprint density at radius 2 is 1.38 bits per heavy atom. The van der Waals surface area contributed by atoms with E-state index in [1.807, 2.05) is 12.1 Å². The van der Waals surface area contributed by atoms with Crippen molar-refractivity contribution in [3.63, 3.8) is 0 Å². The fourth-order valence-corrected chi connectivity index (χ4v) is 9.02. The first-order valence-electron chi connectivity index (χ1n) is 22.3. The van der Waals surface area contributed by atoms with E-state index in [-0.39, 0.29) is 47.5 Å². The summed E-state index contributed by atoms with van der Waals surface area (Å²) in [5.74, 6) is -0.197. The lowest BCUT2D eigenvalue weighted by Gasteiger charge is -2.37. The van der Waals surface area contributed by atoms with Gasteiger partial charge in [0, 0.05) is 72.5 Å². The molecule has 0 bridgehead atoms. The lowest BCUT2D eigenvalue weighted by atomic mass is 9.85. The molecule has 3 fully saturated rings. The van der Waals surface area contributed by atoms with Crippen molar-refractivity contribution >= 4 is 75.4 Å². The average molecular weight is 901 g/mol. The molecule has 8 rings (SSSR count). The number of nitrogens with zero attached hydrogens (tertiary/aromatic N) is 4. The normalized spacial score (nSPS) is 19.0. The van der Waals surface area contributed by atoms with Crippen LogP contribution >= 0.6 is 11.6 Å². The van der Waals surface area contributed by atoms with Gasteiger partial charge in [-0.3, -0.25) is 24.5 Å². The Morgan fingerprint density at radius 1 is 0.769 bits per heavy atom. The number of hydrogen-bond acceptors (Lipinski definition) is 11. The molecule has 3 heterocycles. The highest BCUT2D eigenvalue weighted by Gasteiger charge is 2.28. The second-order valence-electron chi connectivity index (χ2n) is 17.3. The Bertz CT molecular complexity index is 2460. The smallest absolute Gasteiger partial charge is 0.255 e. The van der Waals surface area contributed by atoms with Crippen LogP contribution in [0.15, 0.2) is 103 Å². The number of rotatable bonds is 15. The van der Waals surface area contributed by atoms with E-state index in [0.717, 1.165) is 76.6 Å². The Morgan fingerprint density at radius 3 is 2.05 bits per heavy atom. The average Bonchev–Trinajstić information content (AvgIpc) is 3.31. The van der Waals surface area contributed by atoms with Crippen LogP contribution in [-0.2, 0) is 9.59 Å². The van der Waals surface area contributed by atoms with E-state index in [1.54, 1.807) is 72.8 Å². The lowest BCUT2D eigenvalue weighted by Crippen LogP contribution is -2.47. The van der Waals surface area contributed by atoms with Crippen molar-refractivity contribution < 1.29 is 23.6 Å². The molecule has 3 aliphatic rings. The summed E-state index contributed by atoms with van der Waals surface area (Å²) in [6.07, 6.45) is 8.26. The van der Waals surface area contributed by atoms with E-state index in [2.05, 4.69) is 70.8 Å². The number of anilines is 7. The number of halogens is 2. The summed E-state index contributed by atoms with van der Waals surface area (Å²) in [6, 6.07) is 28.5. The maximum Gasteiger partial charge on any atom is 0.255 e. The molecule has 1 unspecified atom stereocenters. The fraction of sp³-hybridized carbons (Fsp3) is 0.347. The van der Waals surface area contributed by atoms with Gasteiger partial charge in [-0.2, -0.15) is 4.98 Å². The van der Waals surface area contributed by atoms with Gasteiger partial charge in [0.1, 0.15) is 6.04 Å². The van der Waals surface area contributed by atoms with Crippen LogP contribution in [0.1, 0.15) is 72.1 Å². The minimum atomic E-state index is -0.651. The Kier molecular flexibility index (Phi) is 14.5. The number of carbonyl (C=O) groups is 4. The SMILES string of the molecule is CN(CC1CCC(NC(=O)c2ccc(Nc3ncc(F)c(Nc4ccc(C(=O)Nc5ccccc5Cl)cc4)n3)cc2)CC1)CC1CCN(c2ccc(NC3CCC(=O)NC3=O)cc2)CC1. The van der Waals surface area contributed by atoms with Crippen LogP contribution in [0.3, 0.4) is 0 Å². The molecule has 338 valence electrons. The number of nitrogens with one attached hydrogen (secondary N) is 6. The van der Waals surface area contributed by atoms with Crippen molar-refractivity contribution in [2.24, 2.45) is 11.8 Å². The highest BCUT2D eigenvalue weighted by atomic mass is 35.5. The molecule has 0 radical (unpaired) electrons. The van der Waals surface area contributed by atoms with E-state index in [0.29, 0.717) is 57.9 Å². The second-order valence-corrected chi connectivity index (χ2v) is 17.7. The monoisotopic (exact) mass is 900 g/mol. The molecule has 14 nitrogen and oxygen atoms in total. The van der Waals surface area contributed by atoms with E-state index < -0.39 is 5.82 Å². The third-order valence-electron chi connectivity index (χ3n) is 12.4. The van der Waals surface area contributed by atoms with Gasteiger partial charge in [0.15, 0.2) is 11.6 Å². The molecular formula is C49H54ClFN10O4. The summed E-state index contributed by atoms with van der Waals surface area (Å²) >= 11 is 6.16. The number of piperidine rings is 2. The second kappa shape index (κ2) is 20.9. The predicted octanol–water partition coefficient (Wildman–Crippen LogP) is 8.36. The summed E-state index contributed by atoms with van der Waals surface area (Å²) in [5, 5.41) is 18.1. The van der Waals surface area contributed by atoms with Crippen LogP contribution in [0.4, 0.5) is 44.6 Å². The van der Waals surface area contributed by atoms with Crippen molar-refractivity contribution in [1.82, 2.24) is 25.5 Å². The van der Waals surface area contributed by atoms with Gasteiger partial charge in [-0.1, -0.05) is 23.7 Å².